The molecule has 1 aromatic heterocycles. The van der Waals surface area contributed by atoms with E-state index in [0.717, 1.165) is 43.2 Å². The Balaban J connectivity index is 2.00. The van der Waals surface area contributed by atoms with Crippen molar-refractivity contribution in [2.75, 3.05) is 0 Å². The van der Waals surface area contributed by atoms with Gasteiger partial charge in [0, 0.05) is 0 Å². The van der Waals surface area contributed by atoms with Crippen LogP contribution in [0.15, 0.2) is 4.52 Å². The van der Waals surface area contributed by atoms with Gasteiger partial charge in [-0.15, -0.1) is 0 Å². The second-order valence-electron chi connectivity index (χ2n) is 5.71. The van der Waals surface area contributed by atoms with Gasteiger partial charge in [0.2, 0.25) is 5.89 Å². The lowest BCUT2D eigenvalue weighted by Crippen LogP contribution is -2.40. The lowest BCUT2D eigenvalue weighted by molar-refractivity contribution is 0.190. The Kier molecular flexibility index (Phi) is 4.33. The van der Waals surface area contributed by atoms with Crippen LogP contribution in [0.4, 0.5) is 0 Å². The van der Waals surface area contributed by atoms with Crippen LogP contribution in [0, 0.1) is 5.92 Å². The molecule has 0 radical (unpaired) electrons. The lowest BCUT2D eigenvalue weighted by Gasteiger charge is -2.32. The Morgan fingerprint density at radius 3 is 2.72 bits per heavy atom. The van der Waals surface area contributed by atoms with E-state index in [1.54, 1.807) is 0 Å². The van der Waals surface area contributed by atoms with E-state index in [-0.39, 0.29) is 5.54 Å². The molecule has 0 bridgehead atoms. The number of aromatic nitrogens is 2. The van der Waals surface area contributed by atoms with Crippen molar-refractivity contribution < 1.29 is 4.52 Å². The van der Waals surface area contributed by atoms with E-state index in [2.05, 4.69) is 30.9 Å². The van der Waals surface area contributed by atoms with Crippen molar-refractivity contribution in [2.45, 2.75) is 63.0 Å². The monoisotopic (exact) mass is 269 g/mol. The van der Waals surface area contributed by atoms with E-state index in [9.17, 15) is 0 Å². The average molecular weight is 269 g/mol. The number of rotatable bonds is 4. The molecule has 0 atom stereocenters. The van der Waals surface area contributed by atoms with Gasteiger partial charge in [0.05, 0.1) is 11.3 Å². The molecule has 5 heteroatoms. The fourth-order valence-electron chi connectivity index (χ4n) is 2.25. The maximum Gasteiger partial charge on any atom is 0.246 e. The summed E-state index contributed by atoms with van der Waals surface area (Å²) >= 11 is 1.82. The van der Waals surface area contributed by atoms with Crippen LogP contribution in [-0.4, -0.2) is 15.4 Å². The van der Waals surface area contributed by atoms with Gasteiger partial charge < -0.3 is 10.3 Å². The Labute approximate surface area is 113 Å². The highest BCUT2D eigenvalue weighted by Crippen LogP contribution is 2.36. The van der Waals surface area contributed by atoms with Gasteiger partial charge >= 0.3 is 0 Å². The van der Waals surface area contributed by atoms with E-state index in [1.807, 2.05) is 11.8 Å². The van der Waals surface area contributed by atoms with Gasteiger partial charge in [-0.1, -0.05) is 25.9 Å². The molecule has 2 N–H and O–H groups in total. The van der Waals surface area contributed by atoms with Crippen molar-refractivity contribution in [1.29, 1.82) is 0 Å². The molecule has 0 unspecified atom stereocenters. The minimum absolute atomic E-state index is 0.389. The van der Waals surface area contributed by atoms with Crippen molar-refractivity contribution >= 4 is 11.8 Å². The first-order valence-corrected chi connectivity index (χ1v) is 7.78. The molecular weight excluding hydrogens is 246 g/mol. The van der Waals surface area contributed by atoms with Crippen molar-refractivity contribution in [1.82, 2.24) is 10.1 Å². The van der Waals surface area contributed by atoms with Gasteiger partial charge in [0.25, 0.3) is 0 Å². The first-order valence-electron chi connectivity index (χ1n) is 6.73. The molecule has 0 amide bonds. The fraction of sp³-hybridized carbons (Fsp3) is 0.846. The molecule has 102 valence electrons. The van der Waals surface area contributed by atoms with Crippen LogP contribution in [-0.2, 0) is 11.3 Å². The summed E-state index contributed by atoms with van der Waals surface area (Å²) in [6.07, 6.45) is 4.20. The summed E-state index contributed by atoms with van der Waals surface area (Å²) < 4.78 is 5.38. The summed E-state index contributed by atoms with van der Waals surface area (Å²) in [6, 6.07) is 0. The van der Waals surface area contributed by atoms with Crippen molar-refractivity contribution in [3.05, 3.63) is 11.7 Å². The largest absolute Gasteiger partial charge is 0.337 e. The maximum absolute atomic E-state index is 6.41. The zero-order valence-electron chi connectivity index (χ0n) is 11.5. The van der Waals surface area contributed by atoms with Crippen molar-refractivity contribution in [3.8, 4) is 0 Å². The van der Waals surface area contributed by atoms with E-state index in [1.165, 1.54) is 0 Å². The van der Waals surface area contributed by atoms with E-state index >= 15 is 0 Å². The van der Waals surface area contributed by atoms with E-state index in [4.69, 9.17) is 10.3 Å². The predicted molar refractivity (Wildman–Crippen MR) is 74.2 cm³/mol. The van der Waals surface area contributed by atoms with Gasteiger partial charge in [0.15, 0.2) is 5.82 Å². The second kappa shape index (κ2) is 5.61. The van der Waals surface area contributed by atoms with Crippen LogP contribution in [0.5, 0.6) is 0 Å². The van der Waals surface area contributed by atoms with Gasteiger partial charge in [-0.05, 0) is 36.9 Å². The molecule has 0 aromatic carbocycles. The second-order valence-corrected chi connectivity index (χ2v) is 7.28. The topological polar surface area (TPSA) is 64.9 Å². The van der Waals surface area contributed by atoms with Gasteiger partial charge in [0.1, 0.15) is 0 Å². The van der Waals surface area contributed by atoms with Gasteiger partial charge in [-0.3, -0.25) is 0 Å². The third kappa shape index (κ3) is 3.26. The molecule has 1 saturated carbocycles. The van der Waals surface area contributed by atoms with Gasteiger partial charge in [-0.2, -0.15) is 16.7 Å². The first kappa shape index (κ1) is 13.9. The summed E-state index contributed by atoms with van der Waals surface area (Å²) in [5, 5.41) is 4.62. The molecule has 1 fully saturated rings. The lowest BCUT2D eigenvalue weighted by atomic mass is 9.78. The van der Waals surface area contributed by atoms with Crippen LogP contribution in [0.3, 0.4) is 0 Å². The summed E-state index contributed by atoms with van der Waals surface area (Å²) in [4.78, 5) is 4.48. The SMILES string of the molecule is CC1CCC(N)(c2nc(CSC(C)C)no2)CC1. The van der Waals surface area contributed by atoms with Crippen LogP contribution in [0.1, 0.15) is 58.2 Å². The highest BCUT2D eigenvalue weighted by atomic mass is 32.2. The van der Waals surface area contributed by atoms with Crippen LogP contribution in [0.25, 0.3) is 0 Å². The van der Waals surface area contributed by atoms with Crippen molar-refractivity contribution in [2.24, 2.45) is 11.7 Å². The Morgan fingerprint density at radius 1 is 1.44 bits per heavy atom. The maximum atomic E-state index is 6.41. The van der Waals surface area contributed by atoms with Gasteiger partial charge in [-0.25, -0.2) is 0 Å². The number of nitrogens with zero attached hydrogens (tertiary/aromatic N) is 2. The molecule has 4 nitrogen and oxygen atoms in total. The minimum atomic E-state index is -0.389. The third-order valence-corrected chi connectivity index (χ3v) is 4.70. The normalized spacial score (nSPS) is 28.8. The summed E-state index contributed by atoms with van der Waals surface area (Å²) in [5.74, 6) is 2.97. The molecule has 0 saturated heterocycles. The number of thioether (sulfide) groups is 1. The molecule has 0 spiro atoms. The van der Waals surface area contributed by atoms with Crippen LogP contribution in [0.2, 0.25) is 0 Å². The Hall–Kier alpha value is -0.550. The fourth-order valence-corrected chi connectivity index (χ4v) is 2.85. The number of nitrogens with two attached hydrogens (primary N) is 1. The smallest absolute Gasteiger partial charge is 0.246 e. The third-order valence-electron chi connectivity index (χ3n) is 3.61. The highest BCUT2D eigenvalue weighted by Gasteiger charge is 2.36. The molecule has 1 aliphatic carbocycles. The highest BCUT2D eigenvalue weighted by molar-refractivity contribution is 7.99. The average Bonchev–Trinajstić information content (AvgIpc) is 2.80. The van der Waals surface area contributed by atoms with E-state index < -0.39 is 0 Å². The van der Waals surface area contributed by atoms with Crippen molar-refractivity contribution in [3.63, 3.8) is 0 Å². The molecule has 0 aliphatic heterocycles. The summed E-state index contributed by atoms with van der Waals surface area (Å²) in [6.45, 7) is 6.61. The molecule has 1 aliphatic rings. The minimum Gasteiger partial charge on any atom is -0.337 e. The Bertz CT molecular complexity index is 383. The first-order chi connectivity index (χ1) is 8.49. The number of hydrogen-bond acceptors (Lipinski definition) is 5. The molecule has 1 heterocycles. The van der Waals surface area contributed by atoms with Crippen LogP contribution >= 0.6 is 11.8 Å². The molecule has 18 heavy (non-hydrogen) atoms. The molecule has 1 aromatic rings. The van der Waals surface area contributed by atoms with E-state index in [0.29, 0.717) is 11.1 Å². The quantitative estimate of drug-likeness (QED) is 0.910. The Morgan fingerprint density at radius 2 is 2.11 bits per heavy atom. The molecule has 2 rings (SSSR count). The summed E-state index contributed by atoms with van der Waals surface area (Å²) in [5.41, 5.74) is 6.02. The molecular formula is C13H23N3OS. The summed E-state index contributed by atoms with van der Waals surface area (Å²) in [7, 11) is 0. The number of hydrogen-bond donors (Lipinski definition) is 1. The zero-order valence-corrected chi connectivity index (χ0v) is 12.3. The predicted octanol–water partition coefficient (Wildman–Crippen LogP) is 3.08. The zero-order chi connectivity index (χ0) is 13.2. The standard InChI is InChI=1S/C13H23N3OS/c1-9(2)18-8-11-15-12(17-16-11)13(14)6-4-10(3)5-7-13/h9-10H,4-8,14H2,1-3H3. The van der Waals surface area contributed by atoms with Crippen LogP contribution < -0.4 is 5.73 Å².